The smallest absolute Gasteiger partial charge is 0.229 e. The SMILES string of the molecule is OC[C@H]1O[C@@H](Oc2ccc3ccc4cccc5ccc2c3c45)[C@H](O)[C@H]1O. The molecule has 0 aromatic heterocycles. The van der Waals surface area contributed by atoms with E-state index < -0.39 is 24.6 Å². The Morgan fingerprint density at radius 2 is 1.46 bits per heavy atom. The van der Waals surface area contributed by atoms with Crippen LogP contribution in [0.4, 0.5) is 0 Å². The predicted octanol–water partition coefficient (Wildman–Crippen LogP) is 2.40. The van der Waals surface area contributed by atoms with Crippen LogP contribution in [0.5, 0.6) is 5.75 Å². The molecule has 0 amide bonds. The molecular weight excluding hydrogens is 332 g/mol. The summed E-state index contributed by atoms with van der Waals surface area (Å²) in [6, 6.07) is 18.3. The van der Waals surface area contributed by atoms with Crippen LogP contribution in [0.1, 0.15) is 0 Å². The monoisotopic (exact) mass is 350 g/mol. The average molecular weight is 350 g/mol. The lowest BCUT2D eigenvalue weighted by molar-refractivity contribution is -0.115. The van der Waals surface area contributed by atoms with E-state index >= 15 is 0 Å². The van der Waals surface area contributed by atoms with Gasteiger partial charge in [-0.1, -0.05) is 42.5 Å². The van der Waals surface area contributed by atoms with E-state index in [-0.39, 0.29) is 6.61 Å². The third kappa shape index (κ3) is 2.19. The second kappa shape index (κ2) is 5.79. The zero-order valence-electron chi connectivity index (χ0n) is 13.9. The van der Waals surface area contributed by atoms with Gasteiger partial charge in [-0.05, 0) is 33.7 Å². The number of ether oxygens (including phenoxy) is 2. The number of rotatable bonds is 3. The standard InChI is InChI=1S/C21H18O5/c22-10-16-19(23)20(24)21(26-16)25-15-9-7-13-5-4-11-2-1-3-12-6-8-14(15)18(13)17(11)12/h1-9,16,19-24H,10H2/t16-,19+,20-,21-/m1/s1. The second-order valence-electron chi connectivity index (χ2n) is 6.74. The lowest BCUT2D eigenvalue weighted by Gasteiger charge is -2.19. The fourth-order valence-electron chi connectivity index (χ4n) is 3.90. The Labute approximate surface area is 149 Å². The van der Waals surface area contributed by atoms with Crippen LogP contribution in [0.25, 0.3) is 32.3 Å². The third-order valence-corrected chi connectivity index (χ3v) is 5.23. The minimum absolute atomic E-state index is 0.378. The molecule has 0 aliphatic carbocycles. The molecule has 5 rings (SSSR count). The number of benzene rings is 4. The van der Waals surface area contributed by atoms with E-state index in [0.29, 0.717) is 5.75 Å². The molecule has 1 heterocycles. The van der Waals surface area contributed by atoms with Crippen LogP contribution in [-0.2, 0) is 4.74 Å². The van der Waals surface area contributed by atoms with E-state index in [2.05, 4.69) is 24.3 Å². The van der Waals surface area contributed by atoms with Crippen LogP contribution >= 0.6 is 0 Å². The van der Waals surface area contributed by atoms with E-state index in [9.17, 15) is 15.3 Å². The van der Waals surface area contributed by atoms with Gasteiger partial charge in [-0.25, -0.2) is 0 Å². The molecule has 0 spiro atoms. The first kappa shape index (κ1) is 15.8. The molecule has 0 saturated carbocycles. The maximum absolute atomic E-state index is 10.2. The van der Waals surface area contributed by atoms with Crippen molar-refractivity contribution in [3.8, 4) is 5.75 Å². The Kier molecular flexibility index (Phi) is 3.52. The van der Waals surface area contributed by atoms with Crippen molar-refractivity contribution in [2.75, 3.05) is 6.61 Å². The highest BCUT2D eigenvalue weighted by molar-refractivity contribution is 6.24. The molecule has 0 bridgehead atoms. The fraction of sp³-hybridized carbons (Fsp3) is 0.238. The zero-order chi connectivity index (χ0) is 17.8. The molecule has 0 unspecified atom stereocenters. The van der Waals surface area contributed by atoms with Gasteiger partial charge < -0.3 is 24.8 Å². The van der Waals surface area contributed by atoms with Crippen molar-refractivity contribution in [1.82, 2.24) is 0 Å². The third-order valence-electron chi connectivity index (χ3n) is 5.23. The van der Waals surface area contributed by atoms with Crippen molar-refractivity contribution in [2.24, 2.45) is 0 Å². The number of aliphatic hydroxyl groups is 3. The molecule has 5 nitrogen and oxygen atoms in total. The maximum atomic E-state index is 10.2. The summed E-state index contributed by atoms with van der Waals surface area (Å²) in [6.07, 6.45) is -4.27. The maximum Gasteiger partial charge on any atom is 0.229 e. The molecule has 26 heavy (non-hydrogen) atoms. The van der Waals surface area contributed by atoms with Gasteiger partial charge in [0.2, 0.25) is 6.29 Å². The van der Waals surface area contributed by atoms with Gasteiger partial charge in [-0.3, -0.25) is 0 Å². The van der Waals surface area contributed by atoms with Crippen molar-refractivity contribution in [3.05, 3.63) is 54.6 Å². The molecule has 0 radical (unpaired) electrons. The number of hydrogen-bond donors (Lipinski definition) is 3. The Morgan fingerprint density at radius 3 is 2.15 bits per heavy atom. The van der Waals surface area contributed by atoms with E-state index in [1.165, 1.54) is 5.39 Å². The summed E-state index contributed by atoms with van der Waals surface area (Å²) < 4.78 is 11.4. The van der Waals surface area contributed by atoms with Gasteiger partial charge >= 0.3 is 0 Å². The number of hydrogen-bond acceptors (Lipinski definition) is 5. The van der Waals surface area contributed by atoms with E-state index in [1.807, 2.05) is 30.3 Å². The highest BCUT2D eigenvalue weighted by atomic mass is 16.7. The molecular formula is C21H18O5. The Morgan fingerprint density at radius 1 is 0.808 bits per heavy atom. The van der Waals surface area contributed by atoms with Gasteiger partial charge in [0.1, 0.15) is 24.1 Å². The van der Waals surface area contributed by atoms with Crippen molar-refractivity contribution < 1.29 is 24.8 Å². The minimum atomic E-state index is -1.22. The molecule has 4 aromatic rings. The van der Waals surface area contributed by atoms with Gasteiger partial charge in [0, 0.05) is 10.8 Å². The summed E-state index contributed by atoms with van der Waals surface area (Å²) in [6.45, 7) is -0.378. The summed E-state index contributed by atoms with van der Waals surface area (Å²) in [5.41, 5.74) is 0. The van der Waals surface area contributed by atoms with Crippen LogP contribution in [0, 0.1) is 0 Å². The topological polar surface area (TPSA) is 79.2 Å². The molecule has 1 aliphatic rings. The first-order valence-corrected chi connectivity index (χ1v) is 8.63. The van der Waals surface area contributed by atoms with Crippen molar-refractivity contribution >= 4 is 32.3 Å². The molecule has 1 saturated heterocycles. The van der Waals surface area contributed by atoms with E-state index in [4.69, 9.17) is 9.47 Å². The lowest BCUT2D eigenvalue weighted by atomic mass is 9.94. The van der Waals surface area contributed by atoms with E-state index in [0.717, 1.165) is 26.9 Å². The molecule has 3 N–H and O–H groups in total. The molecule has 132 valence electrons. The van der Waals surface area contributed by atoms with Gasteiger partial charge in [0.05, 0.1) is 6.61 Å². The van der Waals surface area contributed by atoms with Crippen molar-refractivity contribution in [3.63, 3.8) is 0 Å². The van der Waals surface area contributed by atoms with E-state index in [1.54, 1.807) is 0 Å². The van der Waals surface area contributed by atoms with Crippen LogP contribution in [0.3, 0.4) is 0 Å². The number of aliphatic hydroxyl groups excluding tert-OH is 3. The van der Waals surface area contributed by atoms with Crippen LogP contribution < -0.4 is 4.74 Å². The zero-order valence-corrected chi connectivity index (χ0v) is 13.9. The average Bonchev–Trinajstić information content (AvgIpc) is 2.95. The first-order chi connectivity index (χ1) is 12.7. The van der Waals surface area contributed by atoms with Gasteiger partial charge in [0.15, 0.2) is 0 Å². The summed E-state index contributed by atoms with van der Waals surface area (Å²) >= 11 is 0. The van der Waals surface area contributed by atoms with Crippen LogP contribution in [0.2, 0.25) is 0 Å². The second-order valence-corrected chi connectivity index (χ2v) is 6.74. The Bertz CT molecular complexity index is 1080. The lowest BCUT2D eigenvalue weighted by Crippen LogP contribution is -2.35. The molecule has 4 atom stereocenters. The normalized spacial score (nSPS) is 26.3. The fourth-order valence-corrected chi connectivity index (χ4v) is 3.90. The quantitative estimate of drug-likeness (QED) is 0.495. The Hall–Kier alpha value is -2.44. The van der Waals surface area contributed by atoms with Gasteiger partial charge in [-0.2, -0.15) is 0 Å². The summed E-state index contributed by atoms with van der Waals surface area (Å²) in [7, 11) is 0. The Balaban J connectivity index is 1.65. The highest BCUT2D eigenvalue weighted by Crippen LogP contribution is 2.39. The first-order valence-electron chi connectivity index (χ1n) is 8.63. The van der Waals surface area contributed by atoms with Crippen LogP contribution in [-0.4, -0.2) is 46.5 Å². The molecule has 1 fully saturated rings. The molecule has 5 heteroatoms. The summed E-state index contributed by atoms with van der Waals surface area (Å²) in [4.78, 5) is 0. The van der Waals surface area contributed by atoms with Crippen LogP contribution in [0.15, 0.2) is 54.6 Å². The largest absolute Gasteiger partial charge is 0.461 e. The van der Waals surface area contributed by atoms with Crippen molar-refractivity contribution in [2.45, 2.75) is 24.6 Å². The van der Waals surface area contributed by atoms with Gasteiger partial charge in [0.25, 0.3) is 0 Å². The highest BCUT2D eigenvalue weighted by Gasteiger charge is 2.44. The van der Waals surface area contributed by atoms with Crippen molar-refractivity contribution in [1.29, 1.82) is 0 Å². The summed E-state index contributed by atoms with van der Waals surface area (Å²) in [5.74, 6) is 0.575. The molecule has 1 aliphatic heterocycles. The summed E-state index contributed by atoms with van der Waals surface area (Å²) in [5, 5.41) is 35.9. The minimum Gasteiger partial charge on any atom is -0.461 e. The van der Waals surface area contributed by atoms with Gasteiger partial charge in [-0.15, -0.1) is 0 Å². The molecule has 4 aromatic carbocycles. The predicted molar refractivity (Wildman–Crippen MR) is 98.5 cm³/mol.